The number of anilines is 1. The average Bonchev–Trinajstić information content (AvgIpc) is 2.30. The largest absolute Gasteiger partial charge is 0.370 e. The lowest BCUT2D eigenvalue weighted by Gasteiger charge is -2.23. The van der Waals surface area contributed by atoms with Crippen LogP contribution in [0.15, 0.2) is 11.0 Å². The van der Waals surface area contributed by atoms with E-state index in [4.69, 9.17) is 4.74 Å². The number of nitrogens with one attached hydrogen (secondary N) is 3. The second-order valence-corrected chi connectivity index (χ2v) is 3.72. The smallest absolute Gasteiger partial charge is 0.271 e. The molecule has 0 saturated carbocycles. The van der Waals surface area contributed by atoms with E-state index in [9.17, 15) is 4.79 Å². The van der Waals surface area contributed by atoms with Crippen LogP contribution >= 0.6 is 0 Å². The number of rotatable bonds is 4. The van der Waals surface area contributed by atoms with Gasteiger partial charge >= 0.3 is 0 Å². The molecule has 7 heteroatoms. The summed E-state index contributed by atoms with van der Waals surface area (Å²) >= 11 is 0. The zero-order valence-electron chi connectivity index (χ0n) is 9.03. The Morgan fingerprint density at radius 1 is 1.50 bits per heavy atom. The summed E-state index contributed by atoms with van der Waals surface area (Å²) in [6.07, 6.45) is 1.15. The summed E-state index contributed by atoms with van der Waals surface area (Å²) in [5, 5.41) is 10.4. The Morgan fingerprint density at radius 2 is 2.31 bits per heavy atom. The van der Waals surface area contributed by atoms with E-state index in [1.54, 1.807) is 0 Å². The molecular formula is C9H16N5O2+. The fourth-order valence-electron chi connectivity index (χ4n) is 1.66. The van der Waals surface area contributed by atoms with Crippen molar-refractivity contribution in [3.63, 3.8) is 0 Å². The Bertz CT molecular complexity index is 374. The molecule has 0 aromatic carbocycles. The maximum absolute atomic E-state index is 10.9. The third-order valence-corrected chi connectivity index (χ3v) is 2.55. The summed E-state index contributed by atoms with van der Waals surface area (Å²) in [5.74, 6) is 0.431. The van der Waals surface area contributed by atoms with E-state index in [1.165, 1.54) is 4.90 Å². The number of ether oxygens (including phenoxy) is 1. The first-order valence-electron chi connectivity index (χ1n) is 5.42. The molecule has 1 aromatic heterocycles. The molecule has 1 fully saturated rings. The van der Waals surface area contributed by atoms with Gasteiger partial charge in [-0.25, -0.2) is 0 Å². The molecule has 0 amide bonds. The Hall–Kier alpha value is -1.47. The minimum Gasteiger partial charge on any atom is -0.370 e. The first-order valence-corrected chi connectivity index (χ1v) is 5.42. The Morgan fingerprint density at radius 3 is 3.06 bits per heavy atom. The second kappa shape index (κ2) is 5.57. The van der Waals surface area contributed by atoms with Gasteiger partial charge in [0.2, 0.25) is 5.95 Å². The predicted molar refractivity (Wildman–Crippen MR) is 57.5 cm³/mol. The zero-order chi connectivity index (χ0) is 11.2. The Labute approximate surface area is 92.8 Å². The molecule has 1 aliphatic heterocycles. The van der Waals surface area contributed by atoms with Crippen molar-refractivity contribution in [1.82, 2.24) is 15.2 Å². The van der Waals surface area contributed by atoms with Crippen molar-refractivity contribution < 1.29 is 9.64 Å². The van der Waals surface area contributed by atoms with Crippen LogP contribution in [0.5, 0.6) is 0 Å². The van der Waals surface area contributed by atoms with E-state index in [-0.39, 0.29) is 5.56 Å². The van der Waals surface area contributed by atoms with Crippen LogP contribution < -0.4 is 15.8 Å². The molecule has 0 bridgehead atoms. The summed E-state index contributed by atoms with van der Waals surface area (Å²) in [6.45, 7) is 5.50. The van der Waals surface area contributed by atoms with Crippen molar-refractivity contribution in [2.75, 3.05) is 44.7 Å². The number of nitrogens with zero attached hydrogens (tertiary/aromatic N) is 2. The molecule has 16 heavy (non-hydrogen) atoms. The standard InChI is InChI=1S/C9H15N5O2/c15-8-7-11-13-9(12-8)10-1-2-14-3-5-16-6-4-14/h7H,1-6H2,(H2,10,12,13,15)/p+1. The lowest BCUT2D eigenvalue weighted by atomic mass is 10.4. The van der Waals surface area contributed by atoms with Gasteiger partial charge in [-0.15, -0.1) is 10.2 Å². The molecule has 3 N–H and O–H groups in total. The molecule has 7 nitrogen and oxygen atoms in total. The highest BCUT2D eigenvalue weighted by Gasteiger charge is 2.12. The number of aromatic amines is 1. The van der Waals surface area contributed by atoms with Gasteiger partial charge in [-0.3, -0.25) is 9.78 Å². The highest BCUT2D eigenvalue weighted by Crippen LogP contribution is 1.85. The van der Waals surface area contributed by atoms with E-state index in [2.05, 4.69) is 20.5 Å². The highest BCUT2D eigenvalue weighted by atomic mass is 16.5. The van der Waals surface area contributed by atoms with Crippen LogP contribution in [0.1, 0.15) is 0 Å². The Kier molecular flexibility index (Phi) is 3.84. The van der Waals surface area contributed by atoms with Crippen molar-refractivity contribution in [1.29, 1.82) is 0 Å². The molecule has 2 rings (SSSR count). The van der Waals surface area contributed by atoms with E-state index in [0.717, 1.165) is 45.6 Å². The number of hydrogen-bond acceptors (Lipinski definition) is 5. The summed E-state index contributed by atoms with van der Waals surface area (Å²) in [6, 6.07) is 0. The molecule has 0 unspecified atom stereocenters. The van der Waals surface area contributed by atoms with Crippen molar-refractivity contribution in [3.05, 3.63) is 16.6 Å². The van der Waals surface area contributed by atoms with Gasteiger partial charge in [-0.2, -0.15) is 0 Å². The number of hydrogen-bond donors (Lipinski definition) is 3. The van der Waals surface area contributed by atoms with Crippen LogP contribution in [0, 0.1) is 0 Å². The van der Waals surface area contributed by atoms with Crippen molar-refractivity contribution in [2.24, 2.45) is 0 Å². The van der Waals surface area contributed by atoms with Crippen LogP contribution in [0.3, 0.4) is 0 Å². The lowest BCUT2D eigenvalue weighted by molar-refractivity contribution is -0.906. The average molecular weight is 226 g/mol. The fourth-order valence-corrected chi connectivity index (χ4v) is 1.66. The van der Waals surface area contributed by atoms with Crippen LogP contribution in [-0.4, -0.2) is 54.6 Å². The molecular weight excluding hydrogens is 210 g/mol. The van der Waals surface area contributed by atoms with Crippen LogP contribution in [-0.2, 0) is 4.74 Å². The minimum absolute atomic E-state index is 0.240. The molecule has 0 atom stereocenters. The molecule has 0 radical (unpaired) electrons. The van der Waals surface area contributed by atoms with Gasteiger partial charge in [-0.1, -0.05) is 0 Å². The molecule has 1 aromatic rings. The van der Waals surface area contributed by atoms with Gasteiger partial charge in [0.1, 0.15) is 19.3 Å². The third-order valence-electron chi connectivity index (χ3n) is 2.55. The predicted octanol–water partition coefficient (Wildman–Crippen LogP) is -2.51. The number of quaternary nitrogens is 1. The van der Waals surface area contributed by atoms with E-state index in [1.807, 2.05) is 0 Å². The molecule has 0 spiro atoms. The summed E-state index contributed by atoms with van der Waals surface area (Å²) < 4.78 is 5.27. The summed E-state index contributed by atoms with van der Waals surface area (Å²) in [4.78, 5) is 15.0. The first kappa shape index (κ1) is 11.0. The van der Waals surface area contributed by atoms with Gasteiger partial charge in [0.05, 0.1) is 26.3 Å². The van der Waals surface area contributed by atoms with Crippen LogP contribution in [0.2, 0.25) is 0 Å². The van der Waals surface area contributed by atoms with Gasteiger partial charge < -0.3 is 15.0 Å². The number of aromatic nitrogens is 3. The van der Waals surface area contributed by atoms with Crippen molar-refractivity contribution in [2.45, 2.75) is 0 Å². The van der Waals surface area contributed by atoms with E-state index >= 15 is 0 Å². The SMILES string of the molecule is O=c1cnnc(NCC[NH+]2CCOCC2)[nH]1. The second-order valence-electron chi connectivity index (χ2n) is 3.72. The topological polar surface area (TPSA) is 84.3 Å². The van der Waals surface area contributed by atoms with Crippen LogP contribution in [0.4, 0.5) is 5.95 Å². The van der Waals surface area contributed by atoms with Gasteiger partial charge in [0.15, 0.2) is 0 Å². The van der Waals surface area contributed by atoms with Gasteiger partial charge in [-0.05, 0) is 0 Å². The zero-order valence-corrected chi connectivity index (χ0v) is 9.03. The number of morpholine rings is 1. The molecule has 88 valence electrons. The fraction of sp³-hybridized carbons (Fsp3) is 0.667. The highest BCUT2D eigenvalue weighted by molar-refractivity contribution is 5.19. The third kappa shape index (κ3) is 3.28. The minimum atomic E-state index is -0.240. The Balaban J connectivity index is 1.73. The molecule has 0 aliphatic carbocycles. The maximum Gasteiger partial charge on any atom is 0.271 e. The summed E-state index contributed by atoms with van der Waals surface area (Å²) in [5.41, 5.74) is -0.240. The molecule has 2 heterocycles. The van der Waals surface area contributed by atoms with E-state index in [0.29, 0.717) is 5.95 Å². The normalized spacial score (nSPS) is 17.2. The van der Waals surface area contributed by atoms with E-state index < -0.39 is 0 Å². The van der Waals surface area contributed by atoms with Gasteiger partial charge in [0, 0.05) is 0 Å². The van der Waals surface area contributed by atoms with Crippen molar-refractivity contribution >= 4 is 5.95 Å². The monoisotopic (exact) mass is 226 g/mol. The summed E-state index contributed by atoms with van der Waals surface area (Å²) in [7, 11) is 0. The molecule has 1 saturated heterocycles. The maximum atomic E-state index is 10.9. The first-order chi connectivity index (χ1) is 7.84. The quantitative estimate of drug-likeness (QED) is 0.528. The van der Waals surface area contributed by atoms with Crippen LogP contribution in [0.25, 0.3) is 0 Å². The lowest BCUT2D eigenvalue weighted by Crippen LogP contribution is -3.14. The number of H-pyrrole nitrogens is 1. The van der Waals surface area contributed by atoms with Gasteiger partial charge in [0.25, 0.3) is 5.56 Å². The van der Waals surface area contributed by atoms with Crippen molar-refractivity contribution in [3.8, 4) is 0 Å². The molecule has 1 aliphatic rings.